The van der Waals surface area contributed by atoms with Gasteiger partial charge in [0.2, 0.25) is 0 Å². The third-order valence-electron chi connectivity index (χ3n) is 5.20. The van der Waals surface area contributed by atoms with Gasteiger partial charge < -0.3 is 10.2 Å². The molecule has 176 valence electrons. The second-order valence-electron chi connectivity index (χ2n) is 7.33. The Morgan fingerprint density at radius 1 is 0.543 bits per heavy atom. The molecule has 0 bridgehead atoms. The predicted octanol–water partition coefficient (Wildman–Crippen LogP) is 8.53. The molecule has 35 heavy (non-hydrogen) atoms. The fourth-order valence-electron chi connectivity index (χ4n) is 3.53. The van der Waals surface area contributed by atoms with Crippen molar-refractivity contribution in [1.82, 2.24) is 0 Å². The van der Waals surface area contributed by atoms with E-state index < -0.39 is 0 Å². The van der Waals surface area contributed by atoms with Crippen LogP contribution in [0, 0.1) is 0 Å². The molecular weight excluding hydrogens is 531 g/mol. The zero-order chi connectivity index (χ0) is 23.0. The molecule has 1 heterocycles. The average molecular weight is 555 g/mol. The Labute approximate surface area is 232 Å². The Hall–Kier alpha value is -2.66. The van der Waals surface area contributed by atoms with Gasteiger partial charge in [-0.1, -0.05) is 72.8 Å². The fraction of sp³-hybridized carbons (Fsp3) is 0. The molecule has 0 amide bonds. The zero-order valence-corrected chi connectivity index (χ0v) is 22.7. The monoisotopic (exact) mass is 554 g/mol. The molecule has 2 nitrogen and oxygen atoms in total. The van der Waals surface area contributed by atoms with Gasteiger partial charge in [-0.25, -0.2) is 0 Å². The van der Waals surface area contributed by atoms with E-state index in [-0.39, 0.29) is 24.8 Å². The summed E-state index contributed by atoms with van der Waals surface area (Å²) in [4.78, 5) is 0. The van der Waals surface area contributed by atoms with Crippen molar-refractivity contribution >= 4 is 72.1 Å². The van der Waals surface area contributed by atoms with E-state index in [4.69, 9.17) is 0 Å². The number of benzene rings is 5. The van der Waals surface area contributed by atoms with Crippen molar-refractivity contribution in [2.75, 3.05) is 0 Å². The molecule has 0 saturated carbocycles. The third kappa shape index (κ3) is 7.17. The zero-order valence-electron chi connectivity index (χ0n) is 18.7. The van der Waals surface area contributed by atoms with Crippen LogP contribution in [-0.2, 0) is 20.0 Å². The molecule has 0 radical (unpaired) electrons. The van der Waals surface area contributed by atoms with Gasteiger partial charge in [-0.3, -0.25) is 0 Å². The average Bonchev–Trinajstić information content (AvgIpc) is 3.29. The van der Waals surface area contributed by atoms with Crippen LogP contribution >= 0.6 is 36.2 Å². The molecule has 6 rings (SSSR count). The van der Waals surface area contributed by atoms with E-state index in [1.807, 2.05) is 84.1 Å². The standard InChI is InChI=1S/2C10H8O.C9H6S.2ClH.Ti/c2*11-10-7-3-5-8-4-1-2-6-9(8)10;1-7-6-10-9-5-3-2-4-8(7)9;;;/h2*1-7,11H;1-6H;2*1H;. The second kappa shape index (κ2) is 14.0. The van der Waals surface area contributed by atoms with Gasteiger partial charge in [0.1, 0.15) is 11.5 Å². The van der Waals surface area contributed by atoms with E-state index in [9.17, 15) is 10.2 Å². The van der Waals surface area contributed by atoms with Crippen LogP contribution in [0.2, 0.25) is 0 Å². The fourth-order valence-corrected chi connectivity index (χ4v) is 5.01. The van der Waals surface area contributed by atoms with Gasteiger partial charge in [0.15, 0.2) is 0 Å². The summed E-state index contributed by atoms with van der Waals surface area (Å²) in [6, 6.07) is 35.1. The third-order valence-corrected chi connectivity index (χ3v) is 6.67. The van der Waals surface area contributed by atoms with Crippen molar-refractivity contribution in [3.8, 4) is 11.5 Å². The summed E-state index contributed by atoms with van der Waals surface area (Å²) in [6.07, 6.45) is 0. The SMILES string of the molecule is Cl.Cl.Oc1cccc2ccccc12.Oc1cccc2ccccc12.[Ti]=[CH]c1csc2ccccc12. The van der Waals surface area contributed by atoms with E-state index in [0.29, 0.717) is 11.5 Å². The first-order chi connectivity index (χ1) is 16.2. The van der Waals surface area contributed by atoms with Crippen LogP contribution in [0.15, 0.2) is 115 Å². The summed E-state index contributed by atoms with van der Waals surface area (Å²) >= 11 is 3.89. The van der Waals surface area contributed by atoms with Gasteiger partial charge in [-0.2, -0.15) is 0 Å². The normalized spacial score (nSPS) is 9.57. The van der Waals surface area contributed by atoms with E-state index >= 15 is 0 Å². The molecule has 0 unspecified atom stereocenters. The summed E-state index contributed by atoms with van der Waals surface area (Å²) in [5, 5.41) is 26.3. The number of halogens is 2. The molecular formula is C29H24Cl2O2STi. The van der Waals surface area contributed by atoms with Gasteiger partial charge in [0.25, 0.3) is 0 Å². The van der Waals surface area contributed by atoms with Gasteiger partial charge in [-0.05, 0) is 22.9 Å². The molecule has 2 N–H and O–H groups in total. The summed E-state index contributed by atoms with van der Waals surface area (Å²) in [7, 11) is 0. The van der Waals surface area contributed by atoms with Crippen LogP contribution in [-0.4, -0.2) is 14.5 Å². The first-order valence-electron chi connectivity index (χ1n) is 10.5. The number of hydrogen-bond donors (Lipinski definition) is 2. The number of phenols is 2. The van der Waals surface area contributed by atoms with Gasteiger partial charge in [-0.15, -0.1) is 24.8 Å². The minimum absolute atomic E-state index is 0. The minimum atomic E-state index is 0. The Kier molecular flexibility index (Phi) is 11.5. The van der Waals surface area contributed by atoms with E-state index in [2.05, 4.69) is 53.9 Å². The summed E-state index contributed by atoms with van der Waals surface area (Å²) in [5.41, 5.74) is 1.35. The Bertz CT molecular complexity index is 1440. The van der Waals surface area contributed by atoms with Gasteiger partial charge >= 0.3 is 80.9 Å². The van der Waals surface area contributed by atoms with E-state index in [1.54, 1.807) is 12.1 Å². The van der Waals surface area contributed by atoms with Crippen LogP contribution in [0.1, 0.15) is 5.56 Å². The number of rotatable bonds is 1. The Morgan fingerprint density at radius 2 is 0.971 bits per heavy atom. The van der Waals surface area contributed by atoms with Crippen LogP contribution in [0.25, 0.3) is 31.6 Å². The number of phenolic OH excluding ortho intramolecular Hbond substituents is 2. The maximum absolute atomic E-state index is 9.37. The molecule has 6 heteroatoms. The Balaban J connectivity index is 0.000000180. The first kappa shape index (κ1) is 28.6. The first-order valence-corrected chi connectivity index (χ1v) is 12.3. The van der Waals surface area contributed by atoms with E-state index in [1.165, 1.54) is 15.6 Å². The van der Waals surface area contributed by atoms with Crippen molar-refractivity contribution in [3.63, 3.8) is 0 Å². The van der Waals surface area contributed by atoms with Crippen LogP contribution < -0.4 is 0 Å². The molecule has 0 aliphatic heterocycles. The molecule has 6 aromatic rings. The molecule has 0 fully saturated rings. The summed E-state index contributed by atoms with van der Waals surface area (Å²) in [5.74, 6) is 0.700. The molecule has 0 spiro atoms. The van der Waals surface area contributed by atoms with Crippen molar-refractivity contribution < 1.29 is 30.2 Å². The predicted molar refractivity (Wildman–Crippen MR) is 153 cm³/mol. The van der Waals surface area contributed by atoms with Crippen molar-refractivity contribution in [2.24, 2.45) is 0 Å². The van der Waals surface area contributed by atoms with Crippen LogP contribution in [0.5, 0.6) is 11.5 Å². The van der Waals surface area contributed by atoms with Crippen molar-refractivity contribution in [2.45, 2.75) is 0 Å². The number of thiophene rings is 1. The summed E-state index contributed by atoms with van der Waals surface area (Å²) in [6.45, 7) is 0. The quantitative estimate of drug-likeness (QED) is 0.200. The molecule has 0 aliphatic rings. The van der Waals surface area contributed by atoms with E-state index in [0.717, 1.165) is 21.5 Å². The number of fused-ring (bicyclic) bond motifs is 3. The van der Waals surface area contributed by atoms with Gasteiger partial charge in [0, 0.05) is 10.8 Å². The topological polar surface area (TPSA) is 40.5 Å². The van der Waals surface area contributed by atoms with Gasteiger partial charge in [0.05, 0.1) is 0 Å². The van der Waals surface area contributed by atoms with Crippen molar-refractivity contribution in [1.29, 1.82) is 0 Å². The molecule has 0 aliphatic carbocycles. The number of aromatic hydroxyl groups is 2. The summed E-state index contributed by atoms with van der Waals surface area (Å²) < 4.78 is 3.53. The van der Waals surface area contributed by atoms with Crippen LogP contribution in [0.3, 0.4) is 0 Å². The molecule has 0 atom stereocenters. The Morgan fingerprint density at radius 3 is 1.46 bits per heavy atom. The molecule has 1 aromatic heterocycles. The molecule has 5 aromatic carbocycles. The van der Waals surface area contributed by atoms with Crippen LogP contribution in [0.4, 0.5) is 0 Å². The second-order valence-corrected chi connectivity index (χ2v) is 8.69. The van der Waals surface area contributed by atoms with Crippen molar-refractivity contribution in [3.05, 3.63) is 120 Å². The molecule has 0 saturated heterocycles. The number of hydrogen-bond acceptors (Lipinski definition) is 3. The maximum atomic E-state index is 9.37.